The summed E-state index contributed by atoms with van der Waals surface area (Å²) >= 11 is 12.0. The van der Waals surface area contributed by atoms with Crippen molar-refractivity contribution >= 4 is 40.7 Å². The fourth-order valence-corrected chi connectivity index (χ4v) is 4.05. The number of aryl methyl sites for hydroxylation is 1. The molecule has 6 heteroatoms. The highest BCUT2D eigenvalue weighted by Crippen LogP contribution is 2.30. The summed E-state index contributed by atoms with van der Waals surface area (Å²) in [7, 11) is 0. The standard InChI is InChI=1S/C23H26Cl2N2O2/c1-16-7-13-20(14-8-16)27(21(28)15-24)22(17-9-11-18(25)12-10-17)23(29)26-19-5-3-2-4-6-19/h7-14,19,22H,2-6,15H2,1H3,(H,26,29). The molecule has 1 N–H and O–H groups in total. The first-order valence-electron chi connectivity index (χ1n) is 10.00. The predicted molar refractivity (Wildman–Crippen MR) is 119 cm³/mol. The fraction of sp³-hybridized carbons (Fsp3) is 0.391. The van der Waals surface area contributed by atoms with Crippen molar-refractivity contribution in [2.24, 2.45) is 0 Å². The van der Waals surface area contributed by atoms with Crippen LogP contribution in [-0.4, -0.2) is 23.7 Å². The van der Waals surface area contributed by atoms with Gasteiger partial charge >= 0.3 is 0 Å². The molecule has 1 saturated carbocycles. The molecule has 0 heterocycles. The number of alkyl halides is 1. The van der Waals surface area contributed by atoms with E-state index in [1.165, 1.54) is 11.3 Å². The van der Waals surface area contributed by atoms with Crippen molar-refractivity contribution in [3.63, 3.8) is 0 Å². The number of nitrogens with zero attached hydrogens (tertiary/aromatic N) is 1. The third kappa shape index (κ3) is 5.52. The summed E-state index contributed by atoms with van der Waals surface area (Å²) in [4.78, 5) is 27.8. The van der Waals surface area contributed by atoms with Crippen molar-refractivity contribution < 1.29 is 9.59 Å². The molecule has 0 bridgehead atoms. The van der Waals surface area contributed by atoms with E-state index in [0.717, 1.165) is 31.2 Å². The van der Waals surface area contributed by atoms with Crippen LogP contribution in [0.3, 0.4) is 0 Å². The number of benzene rings is 2. The van der Waals surface area contributed by atoms with Crippen LogP contribution in [0.2, 0.25) is 5.02 Å². The molecule has 1 unspecified atom stereocenters. The van der Waals surface area contributed by atoms with E-state index >= 15 is 0 Å². The van der Waals surface area contributed by atoms with Crippen molar-refractivity contribution in [1.82, 2.24) is 5.32 Å². The molecule has 3 rings (SSSR count). The van der Waals surface area contributed by atoms with E-state index in [9.17, 15) is 9.59 Å². The minimum absolute atomic E-state index is 0.136. The van der Waals surface area contributed by atoms with Crippen LogP contribution in [0.25, 0.3) is 0 Å². The molecule has 1 aliphatic rings. The van der Waals surface area contributed by atoms with Crippen LogP contribution in [0.1, 0.15) is 49.3 Å². The molecule has 29 heavy (non-hydrogen) atoms. The quantitative estimate of drug-likeness (QED) is 0.620. The van der Waals surface area contributed by atoms with Crippen LogP contribution in [0.5, 0.6) is 0 Å². The van der Waals surface area contributed by atoms with Gasteiger partial charge in [0.05, 0.1) is 0 Å². The van der Waals surface area contributed by atoms with E-state index in [0.29, 0.717) is 16.3 Å². The van der Waals surface area contributed by atoms with Gasteiger partial charge in [-0.1, -0.05) is 60.7 Å². The van der Waals surface area contributed by atoms with Crippen molar-refractivity contribution in [3.8, 4) is 0 Å². The number of carbonyl (C=O) groups is 2. The van der Waals surface area contributed by atoms with Gasteiger partial charge < -0.3 is 5.32 Å². The smallest absolute Gasteiger partial charge is 0.248 e. The summed E-state index contributed by atoms with van der Waals surface area (Å²) in [5.41, 5.74) is 2.41. The summed E-state index contributed by atoms with van der Waals surface area (Å²) in [6.45, 7) is 1.98. The molecule has 1 atom stereocenters. The number of hydrogen-bond donors (Lipinski definition) is 1. The van der Waals surface area contributed by atoms with E-state index in [2.05, 4.69) is 5.32 Å². The summed E-state index contributed by atoms with van der Waals surface area (Å²) in [5.74, 6) is -0.734. The summed E-state index contributed by atoms with van der Waals surface area (Å²) in [6.07, 6.45) is 5.35. The summed E-state index contributed by atoms with van der Waals surface area (Å²) in [5, 5.41) is 3.74. The van der Waals surface area contributed by atoms with E-state index in [-0.39, 0.29) is 23.7 Å². The molecule has 154 valence electrons. The normalized spacial score (nSPS) is 15.6. The molecule has 1 aliphatic carbocycles. The van der Waals surface area contributed by atoms with Crippen LogP contribution in [-0.2, 0) is 9.59 Å². The Hall–Kier alpha value is -2.04. The largest absolute Gasteiger partial charge is 0.351 e. The number of carbonyl (C=O) groups excluding carboxylic acids is 2. The van der Waals surface area contributed by atoms with Crippen LogP contribution >= 0.6 is 23.2 Å². The van der Waals surface area contributed by atoms with Gasteiger partial charge in [-0.25, -0.2) is 0 Å². The first kappa shape index (κ1) is 21.7. The lowest BCUT2D eigenvalue weighted by atomic mass is 9.94. The Kier molecular flexibility index (Phi) is 7.57. The maximum atomic E-state index is 13.4. The van der Waals surface area contributed by atoms with Gasteiger partial charge in [0.25, 0.3) is 0 Å². The second-order valence-corrected chi connectivity index (χ2v) is 8.23. The Balaban J connectivity index is 2.00. The Labute approximate surface area is 182 Å². The highest BCUT2D eigenvalue weighted by molar-refractivity contribution is 6.30. The molecular weight excluding hydrogens is 407 g/mol. The lowest BCUT2D eigenvalue weighted by Gasteiger charge is -2.33. The van der Waals surface area contributed by atoms with Gasteiger partial charge in [0.2, 0.25) is 11.8 Å². The molecule has 0 saturated heterocycles. The van der Waals surface area contributed by atoms with Crippen LogP contribution < -0.4 is 10.2 Å². The van der Waals surface area contributed by atoms with Gasteiger partial charge in [0.15, 0.2) is 0 Å². The molecule has 4 nitrogen and oxygen atoms in total. The maximum absolute atomic E-state index is 13.4. The third-order valence-corrected chi connectivity index (χ3v) is 5.82. The third-order valence-electron chi connectivity index (χ3n) is 5.34. The minimum Gasteiger partial charge on any atom is -0.351 e. The fourth-order valence-electron chi connectivity index (χ4n) is 3.80. The van der Waals surface area contributed by atoms with Crippen molar-refractivity contribution in [2.75, 3.05) is 10.8 Å². The molecule has 0 aliphatic heterocycles. The Bertz CT molecular complexity index is 831. The molecule has 1 fully saturated rings. The summed E-state index contributed by atoms with van der Waals surface area (Å²) in [6, 6.07) is 13.9. The number of nitrogens with one attached hydrogen (secondary N) is 1. The monoisotopic (exact) mass is 432 g/mol. The average Bonchev–Trinajstić information content (AvgIpc) is 2.74. The number of anilines is 1. The lowest BCUT2D eigenvalue weighted by Crippen LogP contribution is -2.47. The van der Waals surface area contributed by atoms with Gasteiger partial charge in [-0.05, 0) is 49.6 Å². The van der Waals surface area contributed by atoms with Gasteiger partial charge in [0.1, 0.15) is 11.9 Å². The number of rotatable bonds is 6. The number of hydrogen-bond acceptors (Lipinski definition) is 2. The van der Waals surface area contributed by atoms with Crippen LogP contribution in [0.15, 0.2) is 48.5 Å². The van der Waals surface area contributed by atoms with Crippen molar-refractivity contribution in [3.05, 3.63) is 64.7 Å². The predicted octanol–water partition coefficient (Wildman–Crippen LogP) is 5.41. The van der Waals surface area contributed by atoms with E-state index in [4.69, 9.17) is 23.2 Å². The van der Waals surface area contributed by atoms with Crippen LogP contribution in [0.4, 0.5) is 5.69 Å². The zero-order valence-electron chi connectivity index (χ0n) is 16.5. The average molecular weight is 433 g/mol. The van der Waals surface area contributed by atoms with E-state index < -0.39 is 6.04 Å². The molecule has 0 aromatic heterocycles. The lowest BCUT2D eigenvalue weighted by molar-refractivity contribution is -0.126. The first-order valence-corrected chi connectivity index (χ1v) is 10.9. The zero-order valence-corrected chi connectivity index (χ0v) is 18.0. The van der Waals surface area contributed by atoms with E-state index in [1.807, 2.05) is 31.2 Å². The topological polar surface area (TPSA) is 49.4 Å². The number of halogens is 2. The minimum atomic E-state index is -0.817. The first-order chi connectivity index (χ1) is 14.0. The Morgan fingerprint density at radius 2 is 1.66 bits per heavy atom. The summed E-state index contributed by atoms with van der Waals surface area (Å²) < 4.78 is 0. The Morgan fingerprint density at radius 1 is 1.03 bits per heavy atom. The van der Waals surface area contributed by atoms with Crippen molar-refractivity contribution in [2.45, 2.75) is 51.1 Å². The van der Waals surface area contributed by atoms with Gasteiger partial charge in [-0.2, -0.15) is 0 Å². The highest BCUT2D eigenvalue weighted by atomic mass is 35.5. The van der Waals surface area contributed by atoms with Gasteiger partial charge in [-0.15, -0.1) is 11.6 Å². The second kappa shape index (κ2) is 10.1. The van der Waals surface area contributed by atoms with Crippen LogP contribution in [0, 0.1) is 6.92 Å². The van der Waals surface area contributed by atoms with E-state index in [1.54, 1.807) is 24.3 Å². The molecule has 2 aromatic rings. The molecule has 0 radical (unpaired) electrons. The van der Waals surface area contributed by atoms with Crippen molar-refractivity contribution in [1.29, 1.82) is 0 Å². The Morgan fingerprint density at radius 3 is 2.24 bits per heavy atom. The molecule has 0 spiro atoms. The SMILES string of the molecule is Cc1ccc(N(C(=O)CCl)C(C(=O)NC2CCCCC2)c2ccc(Cl)cc2)cc1. The van der Waals surface area contributed by atoms with Gasteiger partial charge in [0, 0.05) is 16.8 Å². The second-order valence-electron chi connectivity index (χ2n) is 7.53. The maximum Gasteiger partial charge on any atom is 0.248 e. The van der Waals surface area contributed by atoms with Gasteiger partial charge in [-0.3, -0.25) is 14.5 Å². The zero-order chi connectivity index (χ0) is 20.8. The molecule has 2 aromatic carbocycles. The highest BCUT2D eigenvalue weighted by Gasteiger charge is 2.33. The molecular formula is C23H26Cl2N2O2. The molecule has 2 amide bonds. The number of amides is 2.